The number of carbonyl (C=O) groups excluding carboxylic acids is 3. The number of nitrogens with zero attached hydrogens (tertiary/aromatic N) is 4. The molecule has 2 saturated heterocycles. The maximum Gasteiger partial charge on any atom is 2.00 e. The Balaban J connectivity index is 0.00000817. The molecule has 1 aliphatic carbocycles. The average molecular weight is 914 g/mol. The van der Waals surface area contributed by atoms with E-state index >= 15 is 0 Å². The van der Waals surface area contributed by atoms with Crippen molar-refractivity contribution in [3.05, 3.63) is 90.1 Å². The van der Waals surface area contributed by atoms with Crippen LogP contribution in [0.5, 0.6) is 0 Å². The van der Waals surface area contributed by atoms with Crippen LogP contribution in [0.3, 0.4) is 0 Å². The second-order valence-electron chi connectivity index (χ2n) is 20.3. The molecule has 8 bridgehead atoms. The van der Waals surface area contributed by atoms with E-state index in [1.807, 2.05) is 38.2 Å². The SMILES string of the molecule is CC[C@H]1/C2=C/c3[n-]c4c(c3C)C(=O)[C@H](C(O)OC)/C4=C3/[N-]/C(=C\c4[n-]c(c(C(C)=O)c4C)/C=C(\[N-]2)[C@@H]1C)[C@@H](C)[C@@H]3CCC(=O)OC/C=C(\C)CCC[C@H](C)CCC[C@H](C)CCCC(C)C.[Mg+2]. The molecule has 2 fully saturated rings. The van der Waals surface area contributed by atoms with Gasteiger partial charge in [0, 0.05) is 24.7 Å². The molecule has 356 valence electrons. The van der Waals surface area contributed by atoms with Crippen molar-refractivity contribution in [2.75, 3.05) is 13.7 Å². The van der Waals surface area contributed by atoms with E-state index in [0.717, 1.165) is 48.1 Å². The van der Waals surface area contributed by atoms with Gasteiger partial charge in [0.25, 0.3) is 0 Å². The summed E-state index contributed by atoms with van der Waals surface area (Å²) in [6.07, 6.45) is 19.0. The van der Waals surface area contributed by atoms with Gasteiger partial charge in [-0.1, -0.05) is 140 Å². The fraction of sp³-hybridized carbons (Fsp3) is 0.618. The zero-order valence-corrected chi connectivity index (χ0v) is 43.6. The smallest absolute Gasteiger partial charge is 0.664 e. The number of aliphatic hydroxyl groups is 1. The average Bonchev–Trinajstić information content (AvgIpc) is 4.00. The predicted octanol–water partition coefficient (Wildman–Crippen LogP) is 12.7. The van der Waals surface area contributed by atoms with Crippen LogP contribution in [0.25, 0.3) is 34.4 Å². The van der Waals surface area contributed by atoms with Gasteiger partial charge in [-0.25, -0.2) is 0 Å². The van der Waals surface area contributed by atoms with Gasteiger partial charge in [0.2, 0.25) is 0 Å². The van der Waals surface area contributed by atoms with Crippen LogP contribution < -0.4 is 9.97 Å². The van der Waals surface area contributed by atoms with Gasteiger partial charge in [0.05, 0.1) is 5.92 Å². The first-order valence-corrected chi connectivity index (χ1v) is 24.7. The van der Waals surface area contributed by atoms with E-state index in [9.17, 15) is 19.5 Å². The minimum atomic E-state index is -1.44. The van der Waals surface area contributed by atoms with E-state index in [-0.39, 0.29) is 77.3 Å². The van der Waals surface area contributed by atoms with Gasteiger partial charge in [0.15, 0.2) is 17.9 Å². The molecular formula is C55H76MgN4O6-2. The van der Waals surface area contributed by atoms with Crippen molar-refractivity contribution in [2.45, 2.75) is 160 Å². The number of fused-ring (bicyclic) bond motifs is 7. The van der Waals surface area contributed by atoms with E-state index in [0.29, 0.717) is 68.8 Å². The maximum atomic E-state index is 14.4. The van der Waals surface area contributed by atoms with Crippen LogP contribution in [0, 0.1) is 61.2 Å². The molecule has 0 saturated carbocycles. The molecule has 8 atom stereocenters. The largest absolute Gasteiger partial charge is 2.00 e. The standard InChI is InChI=1S/C55H78N4O6.Mg/c1-13-39-34(7)41-29-46-48(38(11)60)36(9)43(57-46)27-42-35(8)40(52(58-42)50-51(55(63)64-12)54(62)49-37(10)44(59-53(49)50)28-45(39)56-41)23-24-47(61)65-26-25-33(6)22-16-21-32(5)20-15-19-31(4)18-14-17-30(2)3;/h25,27-32,34-35,39-40,51,55,63H,13-24,26H2,1-12H3,(H2-2,56,57,58,59,60,62);/q-2;+2/p-2/b33-25+,42-27-,45-28-;/t31-,32-,34-,35+,39-,40+,51-,55?;/m1./s1. The molecule has 11 heteroatoms. The molecule has 2 aromatic rings. The number of hydrogen-bond donors (Lipinski definition) is 1. The van der Waals surface area contributed by atoms with Crippen molar-refractivity contribution in [1.82, 2.24) is 9.97 Å². The van der Waals surface area contributed by atoms with Crippen LogP contribution in [0.1, 0.15) is 194 Å². The van der Waals surface area contributed by atoms with Crippen molar-refractivity contribution in [3.8, 4) is 0 Å². The molecule has 0 amide bonds. The van der Waals surface area contributed by atoms with Crippen LogP contribution in [-0.4, -0.2) is 65.7 Å². The van der Waals surface area contributed by atoms with Gasteiger partial charge >= 0.3 is 29.0 Å². The Morgan fingerprint density at radius 2 is 1.38 bits per heavy atom. The normalized spacial score (nSPS) is 26.1. The number of carbonyl (C=O) groups is 3. The van der Waals surface area contributed by atoms with Gasteiger partial charge in [-0.15, -0.1) is 22.8 Å². The summed E-state index contributed by atoms with van der Waals surface area (Å²) in [7, 11) is 1.38. The van der Waals surface area contributed by atoms with E-state index in [1.54, 1.807) is 6.92 Å². The van der Waals surface area contributed by atoms with Crippen molar-refractivity contribution in [3.63, 3.8) is 0 Å². The fourth-order valence-electron chi connectivity index (χ4n) is 10.7. The third-order valence-electron chi connectivity index (χ3n) is 14.9. The monoisotopic (exact) mass is 913 g/mol. The summed E-state index contributed by atoms with van der Waals surface area (Å²) in [5, 5.41) is 21.7. The van der Waals surface area contributed by atoms with Crippen LogP contribution in [0.4, 0.5) is 0 Å². The topological polar surface area (TPSA) is 146 Å². The number of methoxy groups -OCH3 is 1. The Kier molecular flexibility index (Phi) is 19.0. The summed E-state index contributed by atoms with van der Waals surface area (Å²) in [6, 6.07) is 0. The van der Waals surface area contributed by atoms with Crippen molar-refractivity contribution < 1.29 is 29.0 Å². The Hall–Kier alpha value is -3.64. The predicted molar refractivity (Wildman–Crippen MR) is 267 cm³/mol. The summed E-state index contributed by atoms with van der Waals surface area (Å²) >= 11 is 0. The molecular weight excluding hydrogens is 837 g/mol. The van der Waals surface area contributed by atoms with Gasteiger partial charge in [0.1, 0.15) is 6.61 Å². The Morgan fingerprint density at radius 3 is 2.02 bits per heavy atom. The number of ketones is 2. The van der Waals surface area contributed by atoms with E-state index in [2.05, 4.69) is 55.4 Å². The molecule has 3 aliphatic heterocycles. The maximum absolute atomic E-state index is 14.4. The molecule has 10 nitrogen and oxygen atoms in total. The molecule has 2 aromatic heterocycles. The van der Waals surface area contributed by atoms with Gasteiger partial charge in [-0.05, 0) is 94.5 Å². The summed E-state index contributed by atoms with van der Waals surface area (Å²) < 4.78 is 11.2. The van der Waals surface area contributed by atoms with Gasteiger partial charge < -0.3 is 35.2 Å². The van der Waals surface area contributed by atoms with Crippen LogP contribution in [-0.2, 0) is 14.3 Å². The molecule has 0 radical (unpaired) electrons. The van der Waals surface area contributed by atoms with Crippen LogP contribution >= 0.6 is 0 Å². The molecule has 5 heterocycles. The molecule has 1 unspecified atom stereocenters. The number of rotatable bonds is 21. The minimum absolute atomic E-state index is 0. The fourth-order valence-corrected chi connectivity index (χ4v) is 10.7. The van der Waals surface area contributed by atoms with E-state index in [1.165, 1.54) is 57.6 Å². The minimum Gasteiger partial charge on any atom is -0.664 e. The number of ether oxygens (including phenoxy) is 2. The first kappa shape index (κ1) is 53.3. The van der Waals surface area contributed by atoms with Gasteiger partial charge in [-0.3, -0.25) is 14.4 Å². The number of Topliss-reactive ketones (excluding diaryl/α,β-unsaturated/α-hetero) is 2. The third-order valence-corrected chi connectivity index (χ3v) is 14.9. The third kappa shape index (κ3) is 12.0. The zero-order valence-electron chi connectivity index (χ0n) is 42.2. The zero-order chi connectivity index (χ0) is 47.3. The molecule has 0 aromatic carbocycles. The molecule has 6 rings (SSSR count). The molecule has 4 aliphatic rings. The number of hydrogen-bond acceptors (Lipinski definition) is 6. The number of allylic oxidation sites excluding steroid dienone is 5. The summed E-state index contributed by atoms with van der Waals surface area (Å²) in [6.45, 7) is 23.4. The van der Waals surface area contributed by atoms with Crippen molar-refractivity contribution >= 4 is 64.4 Å². The Morgan fingerprint density at radius 1 is 0.788 bits per heavy atom. The summed E-state index contributed by atoms with van der Waals surface area (Å²) in [5.41, 5.74) is 9.58. The number of aliphatic hydroxyl groups excluding tert-OH is 1. The quantitative estimate of drug-likeness (QED) is 0.0428. The van der Waals surface area contributed by atoms with E-state index in [4.69, 9.17) is 30.1 Å². The first-order chi connectivity index (χ1) is 30.9. The first-order valence-electron chi connectivity index (χ1n) is 24.7. The Bertz CT molecular complexity index is 2240. The molecule has 66 heavy (non-hydrogen) atoms. The molecule has 1 N–H and O–H groups in total. The second kappa shape index (κ2) is 23.6. The van der Waals surface area contributed by atoms with Crippen LogP contribution in [0.2, 0.25) is 0 Å². The molecule has 0 spiro atoms. The van der Waals surface area contributed by atoms with E-state index < -0.39 is 12.2 Å². The summed E-state index contributed by atoms with van der Waals surface area (Å²) in [4.78, 5) is 51.2. The number of aromatic nitrogens is 2. The summed E-state index contributed by atoms with van der Waals surface area (Å²) in [5.74, 6) is 0.238. The van der Waals surface area contributed by atoms with Crippen molar-refractivity contribution in [2.24, 2.45) is 47.3 Å². The van der Waals surface area contributed by atoms with Crippen molar-refractivity contribution in [1.29, 1.82) is 0 Å². The van der Waals surface area contributed by atoms with Crippen LogP contribution in [0.15, 0.2) is 34.4 Å². The second-order valence-corrected chi connectivity index (χ2v) is 20.3. The number of esters is 1. The van der Waals surface area contributed by atoms with Gasteiger partial charge in [-0.2, -0.15) is 22.8 Å². The Labute approximate surface area is 411 Å².